The van der Waals surface area contributed by atoms with Crippen molar-refractivity contribution < 1.29 is 31.1 Å². The number of nitrogens with zero attached hydrogens (tertiary/aromatic N) is 2. The summed E-state index contributed by atoms with van der Waals surface area (Å²) in [5, 5.41) is 2.22. The number of anilines is 1. The summed E-state index contributed by atoms with van der Waals surface area (Å²) < 4.78 is 77.8. The molecule has 2 aliphatic heterocycles. The van der Waals surface area contributed by atoms with Gasteiger partial charge in [0.1, 0.15) is 0 Å². The number of piperidine rings is 1. The normalized spacial score (nSPS) is 22.2. The van der Waals surface area contributed by atoms with Gasteiger partial charge in [0.2, 0.25) is 0 Å². The number of rotatable bonds is 2. The van der Waals surface area contributed by atoms with Crippen LogP contribution in [-0.2, 0) is 12.4 Å². The largest absolute Gasteiger partial charge is 0.416 e. The van der Waals surface area contributed by atoms with Crippen molar-refractivity contribution in [2.75, 3.05) is 38.5 Å². The second kappa shape index (κ2) is 8.04. The first-order valence-corrected chi connectivity index (χ1v) is 9.47. The van der Waals surface area contributed by atoms with Gasteiger partial charge in [-0.2, -0.15) is 26.3 Å². The summed E-state index contributed by atoms with van der Waals surface area (Å²) in [4.78, 5) is 16.2. The smallest absolute Gasteiger partial charge is 0.324 e. The van der Waals surface area contributed by atoms with E-state index in [2.05, 4.69) is 17.3 Å². The number of hydrogen-bond acceptors (Lipinski definition) is 2. The fourth-order valence-electron chi connectivity index (χ4n) is 4.09. The zero-order valence-corrected chi connectivity index (χ0v) is 15.9. The van der Waals surface area contributed by atoms with Crippen molar-refractivity contribution >= 4 is 11.7 Å². The predicted octanol–water partition coefficient (Wildman–Crippen LogP) is 4.92. The van der Waals surface area contributed by atoms with Gasteiger partial charge in [0.15, 0.2) is 0 Å². The van der Waals surface area contributed by atoms with Gasteiger partial charge in [-0.05, 0) is 69.4 Å². The third kappa shape index (κ3) is 5.34. The van der Waals surface area contributed by atoms with Crippen LogP contribution in [0.15, 0.2) is 18.2 Å². The maximum absolute atomic E-state index is 13.0. The molecule has 10 heteroatoms. The molecule has 0 aliphatic carbocycles. The Hall–Kier alpha value is -1.97. The van der Waals surface area contributed by atoms with Gasteiger partial charge in [-0.25, -0.2) is 4.79 Å². The molecule has 2 saturated heterocycles. The topological polar surface area (TPSA) is 35.6 Å². The summed E-state index contributed by atoms with van der Waals surface area (Å²) in [6, 6.07) is 0.421. The molecule has 29 heavy (non-hydrogen) atoms. The number of carbonyl (C=O) groups is 1. The van der Waals surface area contributed by atoms with Crippen molar-refractivity contribution in [1.82, 2.24) is 9.80 Å². The van der Waals surface area contributed by atoms with Gasteiger partial charge in [-0.1, -0.05) is 0 Å². The van der Waals surface area contributed by atoms with E-state index in [1.807, 2.05) is 0 Å². The molecule has 0 aromatic heterocycles. The van der Waals surface area contributed by atoms with E-state index in [9.17, 15) is 31.1 Å². The van der Waals surface area contributed by atoms with Gasteiger partial charge >= 0.3 is 18.4 Å². The Morgan fingerprint density at radius 3 is 1.93 bits per heavy atom. The molecule has 3 rings (SSSR count). The summed E-state index contributed by atoms with van der Waals surface area (Å²) in [6.07, 6.45) is -7.06. The lowest BCUT2D eigenvalue weighted by Gasteiger charge is -2.32. The van der Waals surface area contributed by atoms with Crippen molar-refractivity contribution in [2.24, 2.45) is 11.8 Å². The summed E-state index contributed by atoms with van der Waals surface area (Å²) in [5.74, 6) is 0.788. The van der Waals surface area contributed by atoms with Gasteiger partial charge in [-0.3, -0.25) is 0 Å². The molecule has 162 valence electrons. The van der Waals surface area contributed by atoms with E-state index in [0.717, 1.165) is 32.4 Å². The van der Waals surface area contributed by atoms with E-state index in [1.165, 1.54) is 4.90 Å². The molecule has 1 aromatic carbocycles. The molecule has 1 aromatic rings. The number of benzene rings is 1. The van der Waals surface area contributed by atoms with Crippen LogP contribution >= 0.6 is 0 Å². The third-order valence-electron chi connectivity index (χ3n) is 5.78. The minimum Gasteiger partial charge on any atom is -0.324 e. The van der Waals surface area contributed by atoms with E-state index >= 15 is 0 Å². The van der Waals surface area contributed by atoms with Gasteiger partial charge in [-0.15, -0.1) is 0 Å². The zero-order chi connectivity index (χ0) is 21.4. The van der Waals surface area contributed by atoms with E-state index in [4.69, 9.17) is 0 Å². The van der Waals surface area contributed by atoms with Crippen LogP contribution in [0.3, 0.4) is 0 Å². The SMILES string of the molecule is CN1CCC(C2CCN(C(=O)Nc3cc(C(F)(F)F)cc(C(F)(F)F)c3)C2)CC1. The molecule has 2 heterocycles. The van der Waals surface area contributed by atoms with Crippen LogP contribution in [0, 0.1) is 11.8 Å². The van der Waals surface area contributed by atoms with E-state index in [-0.39, 0.29) is 6.07 Å². The lowest BCUT2D eigenvalue weighted by atomic mass is 9.84. The molecule has 2 amide bonds. The number of halogens is 6. The molecule has 1 N–H and O–H groups in total. The molecule has 2 fully saturated rings. The summed E-state index contributed by atoms with van der Waals surface area (Å²) in [7, 11) is 2.05. The monoisotopic (exact) mass is 423 g/mol. The van der Waals surface area contributed by atoms with E-state index in [0.29, 0.717) is 37.1 Å². The molecule has 0 saturated carbocycles. The van der Waals surface area contributed by atoms with Crippen molar-refractivity contribution in [3.05, 3.63) is 29.3 Å². The second-order valence-corrected chi connectivity index (χ2v) is 7.86. The Labute approximate surface area is 164 Å². The van der Waals surface area contributed by atoms with Gasteiger partial charge in [0.05, 0.1) is 11.1 Å². The predicted molar refractivity (Wildman–Crippen MR) is 95.4 cm³/mol. The fourth-order valence-corrected chi connectivity index (χ4v) is 4.09. The van der Waals surface area contributed by atoms with Crippen LogP contribution in [0.25, 0.3) is 0 Å². The highest BCUT2D eigenvalue weighted by atomic mass is 19.4. The maximum atomic E-state index is 13.0. The molecule has 2 aliphatic rings. The number of nitrogens with one attached hydrogen (secondary N) is 1. The molecule has 4 nitrogen and oxygen atoms in total. The van der Waals surface area contributed by atoms with Crippen molar-refractivity contribution in [3.63, 3.8) is 0 Å². The molecular formula is C19H23F6N3O. The number of urea groups is 1. The highest BCUT2D eigenvalue weighted by Crippen LogP contribution is 2.38. The van der Waals surface area contributed by atoms with Gasteiger partial charge in [0.25, 0.3) is 0 Å². The Bertz CT molecular complexity index is 708. The summed E-state index contributed by atoms with van der Waals surface area (Å²) >= 11 is 0. The number of likely N-dealkylation sites (tertiary alicyclic amines) is 2. The standard InChI is InChI=1S/C19H23F6N3O/c1-27-5-2-12(3-6-27)13-4-7-28(11-13)17(29)26-16-9-14(18(20,21)22)8-15(10-16)19(23,24)25/h8-10,12-13H,2-7,11H2,1H3,(H,26,29). The first-order valence-electron chi connectivity index (χ1n) is 9.47. The second-order valence-electron chi connectivity index (χ2n) is 7.86. The number of hydrogen-bond donors (Lipinski definition) is 1. The summed E-state index contributed by atoms with van der Waals surface area (Å²) in [5.41, 5.74) is -3.42. The third-order valence-corrected chi connectivity index (χ3v) is 5.78. The average molecular weight is 423 g/mol. The zero-order valence-electron chi connectivity index (χ0n) is 15.9. The van der Waals surface area contributed by atoms with Crippen molar-refractivity contribution in [1.29, 1.82) is 0 Å². The van der Waals surface area contributed by atoms with Crippen LogP contribution in [0.2, 0.25) is 0 Å². The Balaban J connectivity index is 1.69. The van der Waals surface area contributed by atoms with Crippen LogP contribution < -0.4 is 5.32 Å². The van der Waals surface area contributed by atoms with Gasteiger partial charge < -0.3 is 15.1 Å². The summed E-state index contributed by atoms with van der Waals surface area (Å²) in [6.45, 7) is 2.87. The lowest BCUT2D eigenvalue weighted by Crippen LogP contribution is -2.36. The molecule has 1 unspecified atom stereocenters. The Kier molecular flexibility index (Phi) is 6.03. The van der Waals surface area contributed by atoms with Gasteiger partial charge in [0, 0.05) is 18.8 Å². The average Bonchev–Trinajstić information content (AvgIpc) is 3.11. The molecule has 0 bridgehead atoms. The number of carbonyl (C=O) groups excluding carboxylic acids is 1. The van der Waals surface area contributed by atoms with Crippen LogP contribution in [0.5, 0.6) is 0 Å². The highest BCUT2D eigenvalue weighted by Gasteiger charge is 2.38. The molecule has 1 atom stereocenters. The molecule has 0 radical (unpaired) electrons. The number of alkyl halides is 6. The maximum Gasteiger partial charge on any atom is 0.416 e. The van der Waals surface area contributed by atoms with Crippen molar-refractivity contribution in [3.8, 4) is 0 Å². The lowest BCUT2D eigenvalue weighted by molar-refractivity contribution is -0.143. The number of amides is 2. The molecule has 0 spiro atoms. The minimum atomic E-state index is -4.95. The first kappa shape index (κ1) is 21.7. The van der Waals surface area contributed by atoms with Crippen LogP contribution in [0.4, 0.5) is 36.8 Å². The quantitative estimate of drug-likeness (QED) is 0.686. The Morgan fingerprint density at radius 2 is 1.41 bits per heavy atom. The molecular weight excluding hydrogens is 400 g/mol. The minimum absolute atomic E-state index is 0.0433. The highest BCUT2D eigenvalue weighted by molar-refractivity contribution is 5.89. The first-order chi connectivity index (χ1) is 13.4. The van der Waals surface area contributed by atoms with E-state index in [1.54, 1.807) is 0 Å². The van der Waals surface area contributed by atoms with Crippen LogP contribution in [-0.4, -0.2) is 49.1 Å². The van der Waals surface area contributed by atoms with Crippen molar-refractivity contribution in [2.45, 2.75) is 31.6 Å². The van der Waals surface area contributed by atoms with Crippen LogP contribution in [0.1, 0.15) is 30.4 Å². The fraction of sp³-hybridized carbons (Fsp3) is 0.632. The Morgan fingerprint density at radius 1 is 0.897 bits per heavy atom. The van der Waals surface area contributed by atoms with E-state index < -0.39 is 35.2 Å².